The van der Waals surface area contributed by atoms with E-state index in [9.17, 15) is 0 Å². The number of aryl methyl sites for hydroxylation is 1. The minimum atomic E-state index is 0.218. The predicted octanol–water partition coefficient (Wildman–Crippen LogP) is 2.60. The number of rotatable bonds is 4. The van der Waals surface area contributed by atoms with Crippen LogP contribution in [0.1, 0.15) is 18.5 Å². The van der Waals surface area contributed by atoms with Gasteiger partial charge in [-0.3, -0.25) is 4.68 Å². The summed E-state index contributed by atoms with van der Waals surface area (Å²) in [5, 5.41) is 7.63. The molecule has 0 spiro atoms. The number of methoxy groups -OCH3 is 1. The summed E-state index contributed by atoms with van der Waals surface area (Å²) in [5.41, 5.74) is 1.21. The molecule has 0 fully saturated rings. The van der Waals surface area contributed by atoms with Crippen molar-refractivity contribution in [1.29, 1.82) is 0 Å². The van der Waals surface area contributed by atoms with Gasteiger partial charge in [-0.25, -0.2) is 0 Å². The average Bonchev–Trinajstić information content (AvgIpc) is 2.75. The van der Waals surface area contributed by atoms with Gasteiger partial charge in [-0.15, -0.1) is 0 Å². The molecule has 1 unspecified atom stereocenters. The Kier molecular flexibility index (Phi) is 3.32. The summed E-state index contributed by atoms with van der Waals surface area (Å²) in [5.74, 6) is 1.76. The SMILES string of the molecule is COc1ccc(C(C)Nc2ccn(C)n2)cc1. The van der Waals surface area contributed by atoms with Gasteiger partial charge in [-0.2, -0.15) is 5.10 Å². The van der Waals surface area contributed by atoms with Gasteiger partial charge in [0.15, 0.2) is 0 Å². The Hall–Kier alpha value is -1.97. The highest BCUT2D eigenvalue weighted by molar-refractivity contribution is 5.38. The predicted molar refractivity (Wildman–Crippen MR) is 68.2 cm³/mol. The second-order valence-corrected chi connectivity index (χ2v) is 4.01. The molecule has 1 heterocycles. The van der Waals surface area contributed by atoms with Crippen molar-refractivity contribution in [3.63, 3.8) is 0 Å². The Labute approximate surface area is 101 Å². The van der Waals surface area contributed by atoms with Crippen LogP contribution in [0.15, 0.2) is 36.5 Å². The van der Waals surface area contributed by atoms with E-state index in [1.54, 1.807) is 11.8 Å². The molecule has 0 aliphatic carbocycles. The van der Waals surface area contributed by atoms with Crippen molar-refractivity contribution < 1.29 is 4.74 Å². The first-order chi connectivity index (χ1) is 8.19. The Morgan fingerprint density at radius 3 is 2.47 bits per heavy atom. The zero-order valence-corrected chi connectivity index (χ0v) is 10.3. The summed E-state index contributed by atoms with van der Waals surface area (Å²) >= 11 is 0. The number of aromatic nitrogens is 2. The van der Waals surface area contributed by atoms with E-state index in [1.165, 1.54) is 5.56 Å². The van der Waals surface area contributed by atoms with Crippen molar-refractivity contribution in [2.75, 3.05) is 12.4 Å². The fourth-order valence-electron chi connectivity index (χ4n) is 1.69. The van der Waals surface area contributed by atoms with Crippen LogP contribution in [-0.2, 0) is 7.05 Å². The normalized spacial score (nSPS) is 12.2. The number of hydrogen-bond acceptors (Lipinski definition) is 3. The van der Waals surface area contributed by atoms with Gasteiger partial charge in [0.1, 0.15) is 11.6 Å². The Balaban J connectivity index is 2.06. The lowest BCUT2D eigenvalue weighted by Gasteiger charge is -2.13. The highest BCUT2D eigenvalue weighted by Gasteiger charge is 2.06. The molecule has 1 atom stereocenters. The van der Waals surface area contributed by atoms with Crippen LogP contribution in [0.3, 0.4) is 0 Å². The average molecular weight is 231 g/mol. The second kappa shape index (κ2) is 4.91. The monoisotopic (exact) mass is 231 g/mol. The summed E-state index contributed by atoms with van der Waals surface area (Å²) in [6, 6.07) is 10.2. The summed E-state index contributed by atoms with van der Waals surface area (Å²) in [6.45, 7) is 2.11. The van der Waals surface area contributed by atoms with Gasteiger partial charge in [0.2, 0.25) is 0 Å². The van der Waals surface area contributed by atoms with Crippen molar-refractivity contribution in [3.05, 3.63) is 42.1 Å². The van der Waals surface area contributed by atoms with Gasteiger partial charge < -0.3 is 10.1 Å². The van der Waals surface area contributed by atoms with E-state index in [-0.39, 0.29) is 6.04 Å². The van der Waals surface area contributed by atoms with E-state index in [0.717, 1.165) is 11.6 Å². The molecule has 0 aliphatic heterocycles. The smallest absolute Gasteiger partial charge is 0.148 e. The molecule has 0 aliphatic rings. The summed E-state index contributed by atoms with van der Waals surface area (Å²) in [6.07, 6.45) is 1.92. The number of anilines is 1. The minimum absolute atomic E-state index is 0.218. The number of nitrogens with zero attached hydrogens (tertiary/aromatic N) is 2. The molecule has 1 aromatic carbocycles. The molecule has 0 saturated carbocycles. The van der Waals surface area contributed by atoms with Crippen LogP contribution in [0.25, 0.3) is 0 Å². The highest BCUT2D eigenvalue weighted by Crippen LogP contribution is 2.20. The maximum atomic E-state index is 5.13. The Morgan fingerprint density at radius 1 is 1.24 bits per heavy atom. The van der Waals surface area contributed by atoms with E-state index >= 15 is 0 Å². The molecule has 0 saturated heterocycles. The van der Waals surface area contributed by atoms with Crippen LogP contribution < -0.4 is 10.1 Å². The third-order valence-electron chi connectivity index (χ3n) is 2.69. The molecule has 4 heteroatoms. The van der Waals surface area contributed by atoms with Gasteiger partial charge in [0.05, 0.1) is 13.2 Å². The molecular formula is C13H17N3O. The molecule has 2 aromatic rings. The highest BCUT2D eigenvalue weighted by atomic mass is 16.5. The van der Waals surface area contributed by atoms with Gasteiger partial charge in [0.25, 0.3) is 0 Å². The quantitative estimate of drug-likeness (QED) is 0.879. The maximum absolute atomic E-state index is 5.13. The molecule has 90 valence electrons. The van der Waals surface area contributed by atoms with Gasteiger partial charge in [-0.1, -0.05) is 12.1 Å². The van der Waals surface area contributed by atoms with Crippen molar-refractivity contribution in [1.82, 2.24) is 9.78 Å². The largest absolute Gasteiger partial charge is 0.497 e. The van der Waals surface area contributed by atoms with E-state index in [0.29, 0.717) is 0 Å². The molecule has 0 amide bonds. The van der Waals surface area contributed by atoms with Crippen LogP contribution in [0, 0.1) is 0 Å². The molecule has 1 aromatic heterocycles. The van der Waals surface area contributed by atoms with Crippen LogP contribution in [0.5, 0.6) is 5.75 Å². The molecule has 4 nitrogen and oxygen atoms in total. The van der Waals surface area contributed by atoms with Crippen molar-refractivity contribution in [3.8, 4) is 5.75 Å². The summed E-state index contributed by atoms with van der Waals surface area (Å²) < 4.78 is 6.92. The topological polar surface area (TPSA) is 39.1 Å². The van der Waals surface area contributed by atoms with Crippen LogP contribution in [0.2, 0.25) is 0 Å². The van der Waals surface area contributed by atoms with Gasteiger partial charge in [0, 0.05) is 19.3 Å². The van der Waals surface area contributed by atoms with Crippen molar-refractivity contribution >= 4 is 5.82 Å². The fraction of sp³-hybridized carbons (Fsp3) is 0.308. The standard InChI is InChI=1S/C13H17N3O/c1-10(14-13-8-9-16(2)15-13)11-4-6-12(17-3)7-5-11/h4-10H,1-3H3,(H,14,15). The Morgan fingerprint density at radius 2 is 1.94 bits per heavy atom. The van der Waals surface area contributed by atoms with E-state index in [4.69, 9.17) is 4.74 Å². The lowest BCUT2D eigenvalue weighted by molar-refractivity contribution is 0.414. The first-order valence-corrected chi connectivity index (χ1v) is 5.59. The van der Waals surface area contributed by atoms with Crippen LogP contribution in [-0.4, -0.2) is 16.9 Å². The van der Waals surface area contributed by atoms with E-state index in [2.05, 4.69) is 29.5 Å². The van der Waals surface area contributed by atoms with Crippen molar-refractivity contribution in [2.24, 2.45) is 7.05 Å². The zero-order chi connectivity index (χ0) is 12.3. The van der Waals surface area contributed by atoms with Gasteiger partial charge >= 0.3 is 0 Å². The van der Waals surface area contributed by atoms with Crippen molar-refractivity contribution in [2.45, 2.75) is 13.0 Å². The molecule has 1 N–H and O–H groups in total. The first-order valence-electron chi connectivity index (χ1n) is 5.59. The fourth-order valence-corrected chi connectivity index (χ4v) is 1.69. The summed E-state index contributed by atoms with van der Waals surface area (Å²) in [7, 11) is 3.58. The zero-order valence-electron chi connectivity index (χ0n) is 10.3. The van der Waals surface area contributed by atoms with Gasteiger partial charge in [-0.05, 0) is 24.6 Å². The Bertz CT molecular complexity index is 476. The first kappa shape index (κ1) is 11.5. The van der Waals surface area contributed by atoms with Crippen LogP contribution in [0.4, 0.5) is 5.82 Å². The molecule has 2 rings (SSSR count). The lowest BCUT2D eigenvalue weighted by Crippen LogP contribution is -2.07. The number of ether oxygens (including phenoxy) is 1. The lowest BCUT2D eigenvalue weighted by atomic mass is 10.1. The third-order valence-corrected chi connectivity index (χ3v) is 2.69. The van der Waals surface area contributed by atoms with E-state index < -0.39 is 0 Å². The molecule has 0 bridgehead atoms. The number of nitrogens with one attached hydrogen (secondary N) is 1. The van der Waals surface area contributed by atoms with E-state index in [1.807, 2.05) is 31.4 Å². The maximum Gasteiger partial charge on any atom is 0.148 e. The molecule has 17 heavy (non-hydrogen) atoms. The number of benzene rings is 1. The molecular weight excluding hydrogens is 214 g/mol. The minimum Gasteiger partial charge on any atom is -0.497 e. The third kappa shape index (κ3) is 2.78. The second-order valence-electron chi connectivity index (χ2n) is 4.01. The molecule has 0 radical (unpaired) electrons. The number of hydrogen-bond donors (Lipinski definition) is 1. The summed E-state index contributed by atoms with van der Waals surface area (Å²) in [4.78, 5) is 0. The van der Waals surface area contributed by atoms with Crippen LogP contribution >= 0.6 is 0 Å².